The van der Waals surface area contributed by atoms with E-state index >= 15 is 0 Å². The highest BCUT2D eigenvalue weighted by Gasteiger charge is 2.48. The summed E-state index contributed by atoms with van der Waals surface area (Å²) in [5.74, 6) is 0.834. The van der Waals surface area contributed by atoms with Crippen LogP contribution in [0.5, 0.6) is 0 Å². The van der Waals surface area contributed by atoms with Crippen LogP contribution in [0.1, 0.15) is 19.3 Å². The zero-order valence-electron chi connectivity index (χ0n) is 7.28. The number of nitrogens with zero attached hydrogens (tertiary/aromatic N) is 1. The van der Waals surface area contributed by atoms with E-state index in [-0.39, 0.29) is 0 Å². The minimum absolute atomic E-state index is 0.401. The molecule has 0 radical (unpaired) electrons. The molecule has 5 unspecified atom stereocenters. The number of rotatable bonds is 0. The van der Waals surface area contributed by atoms with Crippen molar-refractivity contribution in [3.63, 3.8) is 0 Å². The summed E-state index contributed by atoms with van der Waals surface area (Å²) in [5.41, 5.74) is 5.96. The van der Waals surface area contributed by atoms with Crippen molar-refractivity contribution in [2.24, 2.45) is 11.7 Å². The van der Waals surface area contributed by atoms with Gasteiger partial charge < -0.3 is 10.5 Å². The van der Waals surface area contributed by atoms with Gasteiger partial charge in [-0.3, -0.25) is 4.90 Å². The number of piperidine rings is 1. The van der Waals surface area contributed by atoms with Crippen LogP contribution in [0.2, 0.25) is 0 Å². The Labute approximate surface area is 72.9 Å². The molecule has 3 heteroatoms. The van der Waals surface area contributed by atoms with E-state index in [1.807, 2.05) is 0 Å². The first-order valence-corrected chi connectivity index (χ1v) is 4.97. The van der Waals surface area contributed by atoms with E-state index in [2.05, 4.69) is 4.90 Å². The monoisotopic (exact) mass is 168 g/mol. The molecule has 68 valence electrons. The minimum atomic E-state index is 0.401. The molecule has 3 aliphatic rings. The fourth-order valence-corrected chi connectivity index (χ4v) is 3.17. The Bertz CT molecular complexity index is 197. The van der Waals surface area contributed by atoms with Crippen molar-refractivity contribution in [2.45, 2.75) is 37.6 Å². The first kappa shape index (κ1) is 7.30. The van der Waals surface area contributed by atoms with E-state index in [1.165, 1.54) is 19.3 Å². The van der Waals surface area contributed by atoms with Crippen LogP contribution in [0.3, 0.4) is 0 Å². The van der Waals surface area contributed by atoms with Crippen molar-refractivity contribution in [3.8, 4) is 0 Å². The van der Waals surface area contributed by atoms with Crippen molar-refractivity contribution in [2.75, 3.05) is 13.2 Å². The smallest absolute Gasteiger partial charge is 0.111 e. The highest BCUT2D eigenvalue weighted by atomic mass is 16.5. The summed E-state index contributed by atoms with van der Waals surface area (Å²) in [7, 11) is 0. The molecular formula is C9H16N2O. The van der Waals surface area contributed by atoms with Crippen LogP contribution >= 0.6 is 0 Å². The first-order chi connectivity index (χ1) is 5.84. The van der Waals surface area contributed by atoms with Crippen LogP contribution in [0.4, 0.5) is 0 Å². The average Bonchev–Trinajstić information content (AvgIpc) is 2.26. The third-order valence-electron chi connectivity index (χ3n) is 3.62. The summed E-state index contributed by atoms with van der Waals surface area (Å²) in [6, 6.07) is 1.21. The summed E-state index contributed by atoms with van der Waals surface area (Å²) in [6.07, 6.45) is 4.11. The Morgan fingerprint density at radius 2 is 2.25 bits per heavy atom. The van der Waals surface area contributed by atoms with Gasteiger partial charge in [0.15, 0.2) is 0 Å². The van der Waals surface area contributed by atoms with Gasteiger partial charge in [-0.2, -0.15) is 0 Å². The van der Waals surface area contributed by atoms with E-state index in [0.29, 0.717) is 12.3 Å². The molecule has 0 aromatic rings. The largest absolute Gasteiger partial charge is 0.363 e. The molecular weight excluding hydrogens is 152 g/mol. The Kier molecular flexibility index (Phi) is 1.48. The van der Waals surface area contributed by atoms with E-state index in [4.69, 9.17) is 10.5 Å². The maximum atomic E-state index is 5.96. The zero-order valence-corrected chi connectivity index (χ0v) is 7.28. The van der Waals surface area contributed by atoms with Crippen LogP contribution in [0.15, 0.2) is 0 Å². The molecule has 3 saturated heterocycles. The lowest BCUT2D eigenvalue weighted by molar-refractivity contribution is -0.0939. The van der Waals surface area contributed by atoms with Gasteiger partial charge in [0, 0.05) is 18.6 Å². The molecule has 4 bridgehead atoms. The maximum absolute atomic E-state index is 5.96. The maximum Gasteiger partial charge on any atom is 0.111 e. The normalized spacial score (nSPS) is 57.2. The van der Waals surface area contributed by atoms with Gasteiger partial charge in [-0.1, -0.05) is 0 Å². The Morgan fingerprint density at radius 1 is 1.33 bits per heavy atom. The van der Waals surface area contributed by atoms with Crippen LogP contribution in [-0.4, -0.2) is 36.4 Å². The van der Waals surface area contributed by atoms with Crippen LogP contribution in [0, 0.1) is 5.92 Å². The minimum Gasteiger partial charge on any atom is -0.363 e. The highest BCUT2D eigenvalue weighted by Crippen LogP contribution is 2.41. The van der Waals surface area contributed by atoms with Gasteiger partial charge in [0.2, 0.25) is 0 Å². The van der Waals surface area contributed by atoms with Crippen molar-refractivity contribution in [3.05, 3.63) is 0 Å². The Hall–Kier alpha value is -0.120. The summed E-state index contributed by atoms with van der Waals surface area (Å²) >= 11 is 0. The second-order valence-electron chi connectivity index (χ2n) is 4.37. The molecule has 3 aliphatic heterocycles. The number of nitrogens with two attached hydrogens (primary N) is 1. The third-order valence-corrected chi connectivity index (χ3v) is 3.62. The molecule has 0 saturated carbocycles. The topological polar surface area (TPSA) is 38.5 Å². The molecule has 12 heavy (non-hydrogen) atoms. The van der Waals surface area contributed by atoms with Gasteiger partial charge in [-0.15, -0.1) is 0 Å². The summed E-state index contributed by atoms with van der Waals surface area (Å²) < 4.78 is 5.70. The van der Waals surface area contributed by atoms with Gasteiger partial charge in [0.25, 0.3) is 0 Å². The van der Waals surface area contributed by atoms with Crippen LogP contribution in [-0.2, 0) is 4.74 Å². The number of ether oxygens (including phenoxy) is 1. The summed E-state index contributed by atoms with van der Waals surface area (Å²) in [6.45, 7) is 2.03. The molecule has 0 amide bonds. The standard InChI is InChI=1S/C9H16N2O/c10-7-3-6-4-9-11(5-7)8(6)1-2-12-9/h6-9H,1-5,10H2. The number of hydrogen-bond donors (Lipinski definition) is 1. The quantitative estimate of drug-likeness (QED) is 0.559. The van der Waals surface area contributed by atoms with Crippen molar-refractivity contribution in [1.82, 2.24) is 4.90 Å². The molecule has 2 N–H and O–H groups in total. The highest BCUT2D eigenvalue weighted by molar-refractivity contribution is 4.99. The molecule has 3 fully saturated rings. The first-order valence-electron chi connectivity index (χ1n) is 4.97. The lowest BCUT2D eigenvalue weighted by Gasteiger charge is -2.40. The number of hydrogen-bond acceptors (Lipinski definition) is 3. The fraction of sp³-hybridized carbons (Fsp3) is 1.00. The molecule has 0 aliphatic carbocycles. The predicted octanol–water partition coefficient (Wildman–Crippen LogP) is 0.154. The van der Waals surface area contributed by atoms with Gasteiger partial charge in [-0.25, -0.2) is 0 Å². The van der Waals surface area contributed by atoms with E-state index in [1.54, 1.807) is 0 Å². The van der Waals surface area contributed by atoms with Crippen molar-refractivity contribution < 1.29 is 4.74 Å². The molecule has 3 nitrogen and oxygen atoms in total. The van der Waals surface area contributed by atoms with Crippen molar-refractivity contribution >= 4 is 0 Å². The van der Waals surface area contributed by atoms with Crippen LogP contribution in [0.25, 0.3) is 0 Å². The molecule has 5 atom stereocenters. The molecule has 0 aromatic carbocycles. The van der Waals surface area contributed by atoms with Crippen LogP contribution < -0.4 is 5.73 Å². The summed E-state index contributed by atoms with van der Waals surface area (Å²) in [5, 5.41) is 0. The van der Waals surface area contributed by atoms with Gasteiger partial charge >= 0.3 is 0 Å². The molecule has 3 heterocycles. The second kappa shape index (κ2) is 2.44. The van der Waals surface area contributed by atoms with E-state index in [0.717, 1.165) is 25.1 Å². The van der Waals surface area contributed by atoms with E-state index in [9.17, 15) is 0 Å². The fourth-order valence-electron chi connectivity index (χ4n) is 3.17. The predicted molar refractivity (Wildman–Crippen MR) is 45.6 cm³/mol. The van der Waals surface area contributed by atoms with Gasteiger partial charge in [0.05, 0.1) is 6.61 Å². The molecule has 0 aromatic heterocycles. The third kappa shape index (κ3) is 0.873. The average molecular weight is 168 g/mol. The van der Waals surface area contributed by atoms with Gasteiger partial charge in [0.1, 0.15) is 6.23 Å². The zero-order chi connectivity index (χ0) is 8.13. The lowest BCUT2D eigenvalue weighted by Crippen LogP contribution is -2.52. The molecule has 0 spiro atoms. The van der Waals surface area contributed by atoms with E-state index < -0.39 is 0 Å². The Morgan fingerprint density at radius 3 is 3.17 bits per heavy atom. The second-order valence-corrected chi connectivity index (χ2v) is 4.37. The van der Waals surface area contributed by atoms with Gasteiger partial charge in [-0.05, 0) is 25.2 Å². The Balaban J connectivity index is 1.87. The van der Waals surface area contributed by atoms with Crippen molar-refractivity contribution in [1.29, 1.82) is 0 Å². The molecule has 3 rings (SSSR count). The summed E-state index contributed by atoms with van der Waals surface area (Å²) in [4.78, 5) is 2.49. The lowest BCUT2D eigenvalue weighted by atomic mass is 9.88. The SMILES string of the molecule is NC1CC2CC3OCCC2N3C1.